The standard InChI is InChI=1S/C20H19ClN4O/c21-15-3-1-14(2-4-15)12-26-18-9-7-17(8-10-18)25-20-11-19(22-13-23-20)24-16-5-6-16/h1-4,7-11,13,16H,5-6,12H2,(H2,22,23,24,25). The van der Waals surface area contributed by atoms with Crippen molar-refractivity contribution >= 4 is 28.9 Å². The van der Waals surface area contributed by atoms with Gasteiger partial charge in [-0.2, -0.15) is 0 Å². The van der Waals surface area contributed by atoms with E-state index in [9.17, 15) is 0 Å². The second-order valence-electron chi connectivity index (χ2n) is 6.27. The van der Waals surface area contributed by atoms with Crippen LogP contribution in [0.15, 0.2) is 60.9 Å². The molecule has 0 aliphatic heterocycles. The molecule has 1 heterocycles. The molecule has 26 heavy (non-hydrogen) atoms. The van der Waals surface area contributed by atoms with Gasteiger partial charge in [-0.25, -0.2) is 9.97 Å². The van der Waals surface area contributed by atoms with Crippen LogP contribution in [0.2, 0.25) is 5.02 Å². The van der Waals surface area contributed by atoms with E-state index >= 15 is 0 Å². The number of rotatable bonds is 7. The topological polar surface area (TPSA) is 59.1 Å². The van der Waals surface area contributed by atoms with Gasteiger partial charge >= 0.3 is 0 Å². The molecule has 0 spiro atoms. The zero-order chi connectivity index (χ0) is 17.8. The van der Waals surface area contributed by atoms with Crippen LogP contribution in [0.5, 0.6) is 5.75 Å². The molecule has 2 N–H and O–H groups in total. The van der Waals surface area contributed by atoms with Gasteiger partial charge in [0.1, 0.15) is 30.3 Å². The van der Waals surface area contributed by atoms with Gasteiger partial charge in [0.25, 0.3) is 0 Å². The average Bonchev–Trinajstić information content (AvgIpc) is 3.47. The SMILES string of the molecule is Clc1ccc(COc2ccc(Nc3cc(NC4CC4)ncn3)cc2)cc1. The minimum atomic E-state index is 0.506. The summed E-state index contributed by atoms with van der Waals surface area (Å²) in [5.41, 5.74) is 2.02. The fraction of sp³-hybridized carbons (Fsp3) is 0.200. The molecule has 0 unspecified atom stereocenters. The Morgan fingerprint density at radius 2 is 1.69 bits per heavy atom. The number of anilines is 3. The van der Waals surface area contributed by atoms with Gasteiger partial charge in [0.2, 0.25) is 0 Å². The van der Waals surface area contributed by atoms with E-state index in [1.54, 1.807) is 6.33 Å². The first-order valence-electron chi connectivity index (χ1n) is 8.57. The molecule has 0 atom stereocenters. The maximum Gasteiger partial charge on any atom is 0.135 e. The van der Waals surface area contributed by atoms with E-state index in [1.807, 2.05) is 54.6 Å². The van der Waals surface area contributed by atoms with Crippen LogP contribution in [-0.2, 0) is 6.61 Å². The maximum absolute atomic E-state index is 5.89. The van der Waals surface area contributed by atoms with E-state index in [0.29, 0.717) is 12.6 Å². The van der Waals surface area contributed by atoms with Crippen LogP contribution in [0, 0.1) is 0 Å². The van der Waals surface area contributed by atoms with Gasteiger partial charge in [-0.15, -0.1) is 0 Å². The fourth-order valence-electron chi connectivity index (χ4n) is 2.47. The summed E-state index contributed by atoms with van der Waals surface area (Å²) in [6, 6.07) is 17.9. The third-order valence-corrected chi connectivity index (χ3v) is 4.29. The van der Waals surface area contributed by atoms with Crippen LogP contribution < -0.4 is 15.4 Å². The first-order valence-corrected chi connectivity index (χ1v) is 8.95. The van der Waals surface area contributed by atoms with Crippen molar-refractivity contribution in [2.75, 3.05) is 10.6 Å². The average molecular weight is 367 g/mol. The molecule has 4 rings (SSSR count). The van der Waals surface area contributed by atoms with Gasteiger partial charge in [-0.05, 0) is 54.8 Å². The zero-order valence-electron chi connectivity index (χ0n) is 14.2. The van der Waals surface area contributed by atoms with E-state index in [-0.39, 0.29) is 0 Å². The Labute approximate surface area is 157 Å². The minimum Gasteiger partial charge on any atom is -0.489 e. The largest absolute Gasteiger partial charge is 0.489 e. The molecule has 1 aliphatic rings. The molecule has 1 saturated carbocycles. The molecule has 0 bridgehead atoms. The second-order valence-corrected chi connectivity index (χ2v) is 6.71. The highest BCUT2D eigenvalue weighted by atomic mass is 35.5. The molecule has 132 valence electrons. The Morgan fingerprint density at radius 1 is 0.962 bits per heavy atom. The molecule has 0 saturated heterocycles. The van der Waals surface area contributed by atoms with E-state index in [0.717, 1.165) is 33.7 Å². The summed E-state index contributed by atoms with van der Waals surface area (Å²) in [4.78, 5) is 8.51. The summed E-state index contributed by atoms with van der Waals surface area (Å²) in [5.74, 6) is 2.43. The van der Waals surface area contributed by atoms with Crippen molar-refractivity contribution in [2.24, 2.45) is 0 Å². The highest BCUT2D eigenvalue weighted by Crippen LogP contribution is 2.25. The van der Waals surface area contributed by atoms with Crippen molar-refractivity contribution in [1.82, 2.24) is 9.97 Å². The quantitative estimate of drug-likeness (QED) is 0.614. The molecular formula is C20H19ClN4O. The van der Waals surface area contributed by atoms with Crippen molar-refractivity contribution < 1.29 is 4.74 Å². The van der Waals surface area contributed by atoms with E-state index in [2.05, 4.69) is 20.6 Å². The Bertz CT molecular complexity index is 864. The molecule has 1 aliphatic carbocycles. The van der Waals surface area contributed by atoms with Gasteiger partial charge < -0.3 is 15.4 Å². The molecular weight excluding hydrogens is 348 g/mol. The summed E-state index contributed by atoms with van der Waals surface area (Å²) < 4.78 is 5.80. The minimum absolute atomic E-state index is 0.506. The van der Waals surface area contributed by atoms with Gasteiger partial charge in [-0.1, -0.05) is 23.7 Å². The predicted molar refractivity (Wildman–Crippen MR) is 104 cm³/mol. The lowest BCUT2D eigenvalue weighted by atomic mass is 10.2. The number of hydrogen-bond acceptors (Lipinski definition) is 5. The highest BCUT2D eigenvalue weighted by molar-refractivity contribution is 6.30. The van der Waals surface area contributed by atoms with Crippen LogP contribution >= 0.6 is 11.6 Å². The number of nitrogens with one attached hydrogen (secondary N) is 2. The fourth-order valence-corrected chi connectivity index (χ4v) is 2.60. The molecule has 1 aromatic heterocycles. The van der Waals surface area contributed by atoms with E-state index in [1.165, 1.54) is 12.8 Å². The van der Waals surface area contributed by atoms with Crippen LogP contribution in [0.4, 0.5) is 17.3 Å². The van der Waals surface area contributed by atoms with Crippen LogP contribution in [0.3, 0.4) is 0 Å². The lowest BCUT2D eigenvalue weighted by molar-refractivity contribution is 0.306. The Kier molecular flexibility index (Phi) is 4.88. The van der Waals surface area contributed by atoms with E-state index < -0.39 is 0 Å². The van der Waals surface area contributed by atoms with Crippen molar-refractivity contribution in [1.29, 1.82) is 0 Å². The lowest BCUT2D eigenvalue weighted by Crippen LogP contribution is -2.04. The van der Waals surface area contributed by atoms with Crippen LogP contribution in [-0.4, -0.2) is 16.0 Å². The third kappa shape index (κ3) is 4.64. The zero-order valence-corrected chi connectivity index (χ0v) is 14.9. The molecule has 2 aromatic carbocycles. The van der Waals surface area contributed by atoms with Crippen molar-refractivity contribution in [3.05, 3.63) is 71.5 Å². The molecule has 1 fully saturated rings. The third-order valence-electron chi connectivity index (χ3n) is 4.04. The summed E-state index contributed by atoms with van der Waals surface area (Å²) in [7, 11) is 0. The summed E-state index contributed by atoms with van der Waals surface area (Å²) in [6.45, 7) is 0.506. The van der Waals surface area contributed by atoms with Gasteiger partial charge in [0.05, 0.1) is 0 Å². The number of aromatic nitrogens is 2. The number of ether oxygens (including phenoxy) is 1. The monoisotopic (exact) mass is 366 g/mol. The predicted octanol–water partition coefficient (Wildman–Crippen LogP) is 5.03. The van der Waals surface area contributed by atoms with Crippen LogP contribution in [0.25, 0.3) is 0 Å². The summed E-state index contributed by atoms with van der Waals surface area (Å²) >= 11 is 5.89. The van der Waals surface area contributed by atoms with Crippen LogP contribution in [0.1, 0.15) is 18.4 Å². The second kappa shape index (κ2) is 7.62. The molecule has 5 nitrogen and oxygen atoms in total. The van der Waals surface area contributed by atoms with E-state index in [4.69, 9.17) is 16.3 Å². The molecule has 6 heteroatoms. The number of hydrogen-bond donors (Lipinski definition) is 2. The first kappa shape index (κ1) is 16.7. The first-order chi connectivity index (χ1) is 12.7. The Balaban J connectivity index is 1.34. The van der Waals surface area contributed by atoms with Gasteiger partial charge in [0, 0.05) is 22.8 Å². The van der Waals surface area contributed by atoms with Crippen molar-refractivity contribution in [3.8, 4) is 5.75 Å². The Hall–Kier alpha value is -2.79. The summed E-state index contributed by atoms with van der Waals surface area (Å²) in [6.07, 6.45) is 3.99. The normalized spacial score (nSPS) is 13.3. The van der Waals surface area contributed by atoms with Crippen molar-refractivity contribution in [3.63, 3.8) is 0 Å². The molecule has 0 amide bonds. The highest BCUT2D eigenvalue weighted by Gasteiger charge is 2.21. The lowest BCUT2D eigenvalue weighted by Gasteiger charge is -2.10. The molecule has 3 aromatic rings. The smallest absolute Gasteiger partial charge is 0.135 e. The summed E-state index contributed by atoms with van der Waals surface area (Å²) in [5, 5.41) is 7.38. The Morgan fingerprint density at radius 3 is 2.42 bits per heavy atom. The van der Waals surface area contributed by atoms with Gasteiger partial charge in [-0.3, -0.25) is 0 Å². The molecule has 0 radical (unpaired) electrons. The maximum atomic E-state index is 5.89. The van der Waals surface area contributed by atoms with Gasteiger partial charge in [0.15, 0.2) is 0 Å². The number of nitrogens with zero attached hydrogens (tertiary/aromatic N) is 2. The van der Waals surface area contributed by atoms with Crippen molar-refractivity contribution in [2.45, 2.75) is 25.5 Å². The number of halogens is 1. The number of benzene rings is 2.